The fraction of sp³-hybridized carbons (Fsp3) is 0.692. The minimum absolute atomic E-state index is 0.0819. The van der Waals surface area contributed by atoms with Gasteiger partial charge in [-0.25, -0.2) is 13.1 Å². The first-order chi connectivity index (χ1) is 9.11. The van der Waals surface area contributed by atoms with Crippen LogP contribution in [0.25, 0.3) is 0 Å². The highest BCUT2D eigenvalue weighted by Crippen LogP contribution is 2.23. The fourth-order valence-electron chi connectivity index (χ4n) is 2.47. The lowest BCUT2D eigenvalue weighted by atomic mass is 10.0. The van der Waals surface area contributed by atoms with Gasteiger partial charge in [0.05, 0.1) is 11.8 Å². The van der Waals surface area contributed by atoms with E-state index >= 15 is 0 Å². The fourth-order valence-corrected chi connectivity index (χ4v) is 5.14. The predicted molar refractivity (Wildman–Crippen MR) is 79.9 cm³/mol. The van der Waals surface area contributed by atoms with E-state index in [1.54, 1.807) is 11.3 Å². The molecule has 1 aromatic heterocycles. The van der Waals surface area contributed by atoms with Crippen LogP contribution in [0.4, 0.5) is 0 Å². The Hall–Kier alpha value is -0.430. The van der Waals surface area contributed by atoms with Gasteiger partial charge in [0.25, 0.3) is 0 Å². The lowest BCUT2D eigenvalue weighted by molar-refractivity contribution is 0.401. The average molecular weight is 302 g/mol. The molecule has 2 rings (SSSR count). The molecule has 19 heavy (non-hydrogen) atoms. The maximum Gasteiger partial charge on any atom is 0.212 e. The molecular weight excluding hydrogens is 280 g/mol. The maximum atomic E-state index is 12.2. The Bertz CT molecular complexity index is 465. The third kappa shape index (κ3) is 4.56. The summed E-state index contributed by atoms with van der Waals surface area (Å²) in [6.45, 7) is 3.84. The van der Waals surface area contributed by atoms with Gasteiger partial charge in [0, 0.05) is 4.88 Å². The molecule has 0 aliphatic carbocycles. The highest BCUT2D eigenvalue weighted by molar-refractivity contribution is 7.89. The molecule has 2 unspecified atom stereocenters. The van der Waals surface area contributed by atoms with Crippen LogP contribution in [0.3, 0.4) is 0 Å². The largest absolute Gasteiger partial charge is 0.316 e. The van der Waals surface area contributed by atoms with E-state index in [9.17, 15) is 8.42 Å². The molecular formula is C13H22N2O2S2. The van der Waals surface area contributed by atoms with Crippen LogP contribution < -0.4 is 10.0 Å². The van der Waals surface area contributed by atoms with Gasteiger partial charge < -0.3 is 5.32 Å². The second-order valence-electron chi connectivity index (χ2n) is 5.09. The molecule has 1 saturated heterocycles. The average Bonchev–Trinajstić information content (AvgIpc) is 2.90. The minimum atomic E-state index is -3.20. The van der Waals surface area contributed by atoms with Crippen LogP contribution >= 0.6 is 11.3 Å². The van der Waals surface area contributed by atoms with Crippen LogP contribution in [0.15, 0.2) is 17.5 Å². The van der Waals surface area contributed by atoms with Gasteiger partial charge in [-0.05, 0) is 49.7 Å². The molecule has 0 amide bonds. The molecule has 4 nitrogen and oxygen atoms in total. The van der Waals surface area contributed by atoms with Crippen molar-refractivity contribution in [3.8, 4) is 0 Å². The predicted octanol–water partition coefficient (Wildman–Crippen LogP) is 2.12. The summed E-state index contributed by atoms with van der Waals surface area (Å²) >= 11 is 1.60. The number of rotatable bonds is 6. The summed E-state index contributed by atoms with van der Waals surface area (Å²) < 4.78 is 27.3. The highest BCUT2D eigenvalue weighted by Gasteiger charge is 2.24. The van der Waals surface area contributed by atoms with Gasteiger partial charge in [0.1, 0.15) is 0 Å². The quantitative estimate of drug-likeness (QED) is 0.846. The Labute approximate surface area is 119 Å². The summed E-state index contributed by atoms with van der Waals surface area (Å²) in [6, 6.07) is 3.87. The molecule has 0 bridgehead atoms. The molecule has 1 aliphatic heterocycles. The van der Waals surface area contributed by atoms with Crippen molar-refractivity contribution in [3.63, 3.8) is 0 Å². The topological polar surface area (TPSA) is 58.2 Å². The van der Waals surface area contributed by atoms with E-state index in [4.69, 9.17) is 0 Å². The second kappa shape index (κ2) is 6.83. The van der Waals surface area contributed by atoms with Gasteiger partial charge in [-0.3, -0.25) is 0 Å². The lowest BCUT2D eigenvalue weighted by Crippen LogP contribution is -2.38. The van der Waals surface area contributed by atoms with E-state index in [0.717, 1.165) is 37.2 Å². The number of piperidine rings is 1. The van der Waals surface area contributed by atoms with Crippen molar-refractivity contribution in [3.05, 3.63) is 22.4 Å². The van der Waals surface area contributed by atoms with Gasteiger partial charge in [-0.2, -0.15) is 0 Å². The molecule has 1 fully saturated rings. The zero-order valence-corrected chi connectivity index (χ0v) is 12.9. The normalized spacial score (nSPS) is 22.3. The Morgan fingerprint density at radius 1 is 1.58 bits per heavy atom. The zero-order chi connectivity index (χ0) is 13.7. The van der Waals surface area contributed by atoms with Crippen molar-refractivity contribution < 1.29 is 8.42 Å². The van der Waals surface area contributed by atoms with Gasteiger partial charge in [0.2, 0.25) is 10.0 Å². The smallest absolute Gasteiger partial charge is 0.212 e. The first kappa shape index (κ1) is 15.0. The number of hydrogen-bond acceptors (Lipinski definition) is 4. The van der Waals surface area contributed by atoms with E-state index in [1.807, 2.05) is 24.4 Å². The van der Waals surface area contributed by atoms with Crippen LogP contribution in [-0.4, -0.2) is 27.3 Å². The van der Waals surface area contributed by atoms with Gasteiger partial charge in [-0.15, -0.1) is 11.3 Å². The third-order valence-electron chi connectivity index (χ3n) is 3.47. The molecule has 2 heterocycles. The van der Waals surface area contributed by atoms with Crippen molar-refractivity contribution >= 4 is 21.4 Å². The number of thiophene rings is 1. The Balaban J connectivity index is 1.95. The third-order valence-corrected chi connectivity index (χ3v) is 6.01. The Morgan fingerprint density at radius 3 is 3.00 bits per heavy atom. The summed E-state index contributed by atoms with van der Waals surface area (Å²) in [5.74, 6) is 0.481. The molecule has 6 heteroatoms. The maximum absolute atomic E-state index is 12.2. The molecule has 1 aromatic rings. The number of hydrogen-bond donors (Lipinski definition) is 2. The van der Waals surface area contributed by atoms with E-state index in [-0.39, 0.29) is 17.7 Å². The molecule has 0 radical (unpaired) electrons. The Kier molecular flexibility index (Phi) is 5.38. The van der Waals surface area contributed by atoms with Crippen molar-refractivity contribution in [1.82, 2.24) is 10.0 Å². The molecule has 0 aromatic carbocycles. The summed E-state index contributed by atoms with van der Waals surface area (Å²) in [5, 5.41) is 5.25. The summed E-state index contributed by atoms with van der Waals surface area (Å²) in [6.07, 6.45) is 2.86. The van der Waals surface area contributed by atoms with Crippen molar-refractivity contribution in [2.24, 2.45) is 5.92 Å². The molecule has 2 N–H and O–H groups in total. The van der Waals surface area contributed by atoms with Crippen LogP contribution in [0.1, 0.15) is 37.1 Å². The van der Waals surface area contributed by atoms with E-state index in [2.05, 4.69) is 10.0 Å². The molecule has 0 spiro atoms. The highest BCUT2D eigenvalue weighted by atomic mass is 32.2. The summed E-state index contributed by atoms with van der Waals surface area (Å²) in [7, 11) is -3.20. The Morgan fingerprint density at radius 2 is 2.42 bits per heavy atom. The van der Waals surface area contributed by atoms with Crippen LogP contribution in [0.2, 0.25) is 0 Å². The van der Waals surface area contributed by atoms with Crippen molar-refractivity contribution in [1.29, 1.82) is 0 Å². The zero-order valence-electron chi connectivity index (χ0n) is 11.3. The van der Waals surface area contributed by atoms with Gasteiger partial charge in [-0.1, -0.05) is 13.0 Å². The van der Waals surface area contributed by atoms with E-state index in [0.29, 0.717) is 0 Å². The minimum Gasteiger partial charge on any atom is -0.316 e. The van der Waals surface area contributed by atoms with Crippen LogP contribution in [-0.2, 0) is 10.0 Å². The summed E-state index contributed by atoms with van der Waals surface area (Å²) in [5.41, 5.74) is 0. The second-order valence-corrected chi connectivity index (χ2v) is 7.87. The molecule has 2 atom stereocenters. The molecule has 1 aliphatic rings. The van der Waals surface area contributed by atoms with Crippen LogP contribution in [0, 0.1) is 5.92 Å². The summed E-state index contributed by atoms with van der Waals surface area (Å²) in [4.78, 5) is 1.09. The molecule has 0 saturated carbocycles. The van der Waals surface area contributed by atoms with E-state index in [1.165, 1.54) is 0 Å². The number of nitrogens with one attached hydrogen (secondary N) is 2. The lowest BCUT2D eigenvalue weighted by Gasteiger charge is -2.24. The first-order valence-electron chi connectivity index (χ1n) is 6.85. The standard InChI is InChI=1S/C13H22N2O2S2/c1-2-12(13-6-4-8-18-13)15-19(16,17)10-11-5-3-7-14-9-11/h4,6,8,11-12,14-15H,2-3,5,7,9-10H2,1H3. The SMILES string of the molecule is CCC(NS(=O)(=O)CC1CCCNC1)c1cccs1. The van der Waals surface area contributed by atoms with Crippen LogP contribution in [0.5, 0.6) is 0 Å². The van der Waals surface area contributed by atoms with Crippen molar-refractivity contribution in [2.45, 2.75) is 32.2 Å². The monoisotopic (exact) mass is 302 g/mol. The first-order valence-corrected chi connectivity index (χ1v) is 9.38. The number of sulfonamides is 1. The van der Waals surface area contributed by atoms with Gasteiger partial charge >= 0.3 is 0 Å². The van der Waals surface area contributed by atoms with E-state index < -0.39 is 10.0 Å². The van der Waals surface area contributed by atoms with Gasteiger partial charge in [0.15, 0.2) is 0 Å². The molecule has 108 valence electrons. The van der Waals surface area contributed by atoms with Crippen molar-refractivity contribution in [2.75, 3.05) is 18.8 Å².